The third kappa shape index (κ3) is 2.58. The molecule has 3 aromatic carbocycles. The molecule has 1 fully saturated rings. The van der Waals surface area contributed by atoms with Gasteiger partial charge in [-0.05, 0) is 39.7 Å². The summed E-state index contributed by atoms with van der Waals surface area (Å²) in [5, 5.41) is 10.1. The molecular formula is C18H17N2O. The van der Waals surface area contributed by atoms with Gasteiger partial charge in [-0.2, -0.15) is 0 Å². The van der Waals surface area contributed by atoms with Crippen molar-refractivity contribution in [2.75, 3.05) is 26.2 Å². The van der Waals surface area contributed by atoms with Gasteiger partial charge in [0.1, 0.15) is 0 Å². The van der Waals surface area contributed by atoms with Crippen LogP contribution in [0.4, 0.5) is 0 Å². The van der Waals surface area contributed by atoms with E-state index in [1.165, 1.54) is 16.2 Å². The van der Waals surface area contributed by atoms with E-state index >= 15 is 0 Å². The molecule has 0 spiro atoms. The van der Waals surface area contributed by atoms with Gasteiger partial charge in [-0.25, -0.2) is 0 Å². The van der Waals surface area contributed by atoms with Gasteiger partial charge in [0.15, 0.2) is 5.75 Å². The zero-order valence-electron chi connectivity index (χ0n) is 11.8. The largest absolute Gasteiger partial charge is 0.405 e. The molecule has 105 valence electrons. The van der Waals surface area contributed by atoms with Gasteiger partial charge in [0, 0.05) is 32.2 Å². The molecule has 21 heavy (non-hydrogen) atoms. The summed E-state index contributed by atoms with van der Waals surface area (Å²) in [7, 11) is 0. The Balaban J connectivity index is 1.69. The quantitative estimate of drug-likeness (QED) is 0.729. The van der Waals surface area contributed by atoms with Crippen LogP contribution in [0.1, 0.15) is 0 Å². The number of rotatable bonds is 2. The minimum Gasteiger partial charge on any atom is -0.405 e. The Morgan fingerprint density at radius 3 is 2.48 bits per heavy atom. The Bertz CT molecular complexity index is 778. The number of benzene rings is 3. The average molecular weight is 277 g/mol. The molecule has 4 rings (SSSR count). The van der Waals surface area contributed by atoms with Crippen LogP contribution in [0.5, 0.6) is 5.75 Å². The summed E-state index contributed by atoms with van der Waals surface area (Å²) >= 11 is 0. The second-order valence-corrected chi connectivity index (χ2v) is 5.38. The second kappa shape index (κ2) is 5.35. The standard InChI is InChI=1S/C18H17N2O/c1-2-4-15-12-17-13-18(21-20-9-7-19-8-10-20)6-5-16(17)11-14(15)3-1/h1-6,11-12,19H,7-10H2. The zero-order chi connectivity index (χ0) is 14.1. The van der Waals surface area contributed by atoms with E-state index in [1.807, 2.05) is 11.1 Å². The topological polar surface area (TPSA) is 24.5 Å². The maximum atomic E-state index is 5.91. The molecule has 0 aromatic heterocycles. The van der Waals surface area contributed by atoms with Crippen LogP contribution in [0.2, 0.25) is 0 Å². The highest BCUT2D eigenvalue weighted by Crippen LogP contribution is 2.26. The maximum absolute atomic E-state index is 5.91. The highest BCUT2D eigenvalue weighted by Gasteiger charge is 2.11. The Hall–Kier alpha value is -2.10. The molecule has 0 amide bonds. The smallest absolute Gasteiger partial charge is 0.156 e. The normalized spacial score (nSPS) is 16.4. The van der Waals surface area contributed by atoms with Crippen molar-refractivity contribution in [2.45, 2.75) is 0 Å². The SMILES string of the molecule is [c]1c(ON2CCNCC2)ccc2cc3ccccc3cc12. The van der Waals surface area contributed by atoms with Crippen molar-refractivity contribution in [1.82, 2.24) is 10.4 Å². The Labute approximate surface area is 124 Å². The van der Waals surface area contributed by atoms with Crippen LogP contribution in [-0.4, -0.2) is 31.2 Å². The minimum absolute atomic E-state index is 0.791. The predicted octanol–water partition coefficient (Wildman–Crippen LogP) is 2.99. The van der Waals surface area contributed by atoms with Crippen LogP contribution >= 0.6 is 0 Å². The van der Waals surface area contributed by atoms with Crippen LogP contribution in [0.15, 0.2) is 48.5 Å². The second-order valence-electron chi connectivity index (χ2n) is 5.38. The number of hydrogen-bond acceptors (Lipinski definition) is 3. The van der Waals surface area contributed by atoms with Crippen LogP contribution in [0.3, 0.4) is 0 Å². The zero-order valence-corrected chi connectivity index (χ0v) is 11.8. The fraction of sp³-hybridized carbons (Fsp3) is 0.222. The lowest BCUT2D eigenvalue weighted by molar-refractivity contribution is -0.0665. The lowest BCUT2D eigenvalue weighted by Crippen LogP contribution is -2.45. The third-order valence-corrected chi connectivity index (χ3v) is 3.89. The Kier molecular flexibility index (Phi) is 3.22. The van der Waals surface area contributed by atoms with Gasteiger partial charge in [0.05, 0.1) is 0 Å². The average Bonchev–Trinajstić information content (AvgIpc) is 2.54. The molecule has 0 unspecified atom stereocenters. The molecular weight excluding hydrogens is 260 g/mol. The van der Waals surface area contributed by atoms with Crippen molar-refractivity contribution in [3.63, 3.8) is 0 Å². The summed E-state index contributed by atoms with van der Waals surface area (Å²) in [6, 6.07) is 20.3. The molecule has 3 nitrogen and oxygen atoms in total. The van der Waals surface area contributed by atoms with E-state index in [-0.39, 0.29) is 0 Å². The van der Waals surface area contributed by atoms with Gasteiger partial charge in [-0.1, -0.05) is 30.3 Å². The molecule has 1 aliphatic rings. The van der Waals surface area contributed by atoms with E-state index in [0.29, 0.717) is 0 Å². The number of piperazine rings is 1. The van der Waals surface area contributed by atoms with Crippen molar-refractivity contribution in [3.05, 3.63) is 54.6 Å². The van der Waals surface area contributed by atoms with Crippen molar-refractivity contribution in [1.29, 1.82) is 0 Å². The summed E-state index contributed by atoms with van der Waals surface area (Å²) in [5.74, 6) is 0.791. The van der Waals surface area contributed by atoms with E-state index in [4.69, 9.17) is 4.84 Å². The summed E-state index contributed by atoms with van der Waals surface area (Å²) in [6.45, 7) is 3.75. The van der Waals surface area contributed by atoms with Crippen molar-refractivity contribution in [3.8, 4) is 5.75 Å². The first kappa shape index (κ1) is 12.6. The lowest BCUT2D eigenvalue weighted by atomic mass is 10.0. The maximum Gasteiger partial charge on any atom is 0.156 e. The summed E-state index contributed by atoms with van der Waals surface area (Å²) in [5.41, 5.74) is 0. The summed E-state index contributed by atoms with van der Waals surface area (Å²) in [4.78, 5) is 5.91. The van der Waals surface area contributed by atoms with Crippen LogP contribution in [0, 0.1) is 6.07 Å². The fourth-order valence-corrected chi connectivity index (χ4v) is 2.77. The number of fused-ring (bicyclic) bond motifs is 2. The summed E-state index contributed by atoms with van der Waals surface area (Å²) in [6.07, 6.45) is 0. The van der Waals surface area contributed by atoms with Crippen LogP contribution in [-0.2, 0) is 0 Å². The van der Waals surface area contributed by atoms with Gasteiger partial charge in [-0.3, -0.25) is 0 Å². The summed E-state index contributed by atoms with van der Waals surface area (Å²) < 4.78 is 0. The molecule has 1 N–H and O–H groups in total. The highest BCUT2D eigenvalue weighted by molar-refractivity contribution is 5.98. The van der Waals surface area contributed by atoms with Crippen molar-refractivity contribution >= 4 is 21.5 Å². The first-order valence-electron chi connectivity index (χ1n) is 7.37. The van der Waals surface area contributed by atoms with Crippen LogP contribution < -0.4 is 10.2 Å². The van der Waals surface area contributed by atoms with Crippen molar-refractivity contribution in [2.24, 2.45) is 0 Å². The molecule has 0 atom stereocenters. The number of hydroxylamine groups is 2. The van der Waals surface area contributed by atoms with E-state index < -0.39 is 0 Å². The number of hydrogen-bond donors (Lipinski definition) is 1. The molecule has 3 aromatic rings. The van der Waals surface area contributed by atoms with E-state index in [0.717, 1.165) is 37.3 Å². The molecule has 1 heterocycles. The van der Waals surface area contributed by atoms with Gasteiger partial charge in [0.2, 0.25) is 0 Å². The molecule has 0 saturated carbocycles. The molecule has 3 heteroatoms. The highest BCUT2D eigenvalue weighted by atomic mass is 16.7. The Morgan fingerprint density at radius 2 is 1.67 bits per heavy atom. The first-order valence-corrected chi connectivity index (χ1v) is 7.37. The fourth-order valence-electron chi connectivity index (χ4n) is 2.77. The first-order chi connectivity index (χ1) is 10.4. The Morgan fingerprint density at radius 1 is 0.905 bits per heavy atom. The monoisotopic (exact) mass is 277 g/mol. The third-order valence-electron chi connectivity index (χ3n) is 3.89. The van der Waals surface area contributed by atoms with Gasteiger partial charge in [-0.15, -0.1) is 5.06 Å². The number of nitrogens with one attached hydrogen (secondary N) is 1. The molecule has 1 saturated heterocycles. The minimum atomic E-state index is 0.791. The van der Waals surface area contributed by atoms with E-state index in [1.54, 1.807) is 0 Å². The van der Waals surface area contributed by atoms with E-state index in [9.17, 15) is 0 Å². The molecule has 0 bridgehead atoms. The lowest BCUT2D eigenvalue weighted by Gasteiger charge is -2.26. The van der Waals surface area contributed by atoms with E-state index in [2.05, 4.69) is 53.8 Å². The predicted molar refractivity (Wildman–Crippen MR) is 85.4 cm³/mol. The molecule has 0 aliphatic carbocycles. The number of nitrogens with zero attached hydrogens (tertiary/aromatic N) is 1. The van der Waals surface area contributed by atoms with Crippen LogP contribution in [0.25, 0.3) is 21.5 Å². The van der Waals surface area contributed by atoms with Crippen molar-refractivity contribution < 1.29 is 4.84 Å². The van der Waals surface area contributed by atoms with Gasteiger partial charge in [0.25, 0.3) is 0 Å². The van der Waals surface area contributed by atoms with Gasteiger partial charge < -0.3 is 10.2 Å². The molecule has 1 aliphatic heterocycles. The molecule has 1 radical (unpaired) electrons. The van der Waals surface area contributed by atoms with Gasteiger partial charge >= 0.3 is 0 Å².